The summed E-state index contributed by atoms with van der Waals surface area (Å²) in [5, 5.41) is 0. The summed E-state index contributed by atoms with van der Waals surface area (Å²) < 4.78 is 24.3. The maximum absolute atomic E-state index is 11.3. The molecule has 0 aliphatic rings. The number of rotatable bonds is 8. The van der Waals surface area contributed by atoms with E-state index in [1.54, 1.807) is 0 Å². The van der Waals surface area contributed by atoms with Crippen molar-refractivity contribution in [2.75, 3.05) is 6.61 Å². The van der Waals surface area contributed by atoms with Crippen molar-refractivity contribution < 1.29 is 37.9 Å². The summed E-state index contributed by atoms with van der Waals surface area (Å²) in [4.78, 5) is 39.7. The Hall–Kier alpha value is -1.47. The lowest BCUT2D eigenvalue weighted by Crippen LogP contribution is -2.26. The molecule has 0 atom stereocenters. The third-order valence-electron chi connectivity index (χ3n) is 1.79. The molecule has 0 heterocycles. The highest BCUT2D eigenvalue weighted by Crippen LogP contribution is 2.35. The Kier molecular flexibility index (Phi) is 7.38. The van der Waals surface area contributed by atoms with Crippen LogP contribution in [0.5, 0.6) is 0 Å². The van der Waals surface area contributed by atoms with Crippen LogP contribution >= 0.6 is 7.82 Å². The quantitative estimate of drug-likeness (QED) is 0.295. The van der Waals surface area contributed by atoms with Crippen LogP contribution in [0, 0.1) is 0 Å². The highest BCUT2D eigenvalue weighted by molar-refractivity contribution is 7.46. The normalized spacial score (nSPS) is 11.1. The summed E-state index contributed by atoms with van der Waals surface area (Å²) in [6, 6.07) is 0. The van der Waals surface area contributed by atoms with Gasteiger partial charge in [0, 0.05) is 17.6 Å². The fraction of sp³-hybridized carbons (Fsp3) is 0.455. The van der Waals surface area contributed by atoms with E-state index in [0.29, 0.717) is 0 Å². The fourth-order valence-corrected chi connectivity index (χ4v) is 1.19. The molecule has 0 aliphatic carbocycles. The minimum Gasteiger partial charge on any atom is -0.422 e. The topological polar surface area (TPSA) is 119 Å². The van der Waals surface area contributed by atoms with Crippen LogP contribution in [-0.4, -0.2) is 34.6 Å². The summed E-state index contributed by atoms with van der Waals surface area (Å²) in [6.07, 6.45) is -1.60. The van der Waals surface area contributed by atoms with Gasteiger partial charge in [-0.05, 0) is 13.8 Å². The molecule has 8 nitrogen and oxygen atoms in total. The SMILES string of the molecule is C=C(C)C(=O)OC(CCOP(=O)(O)O)OC(=O)C(=C)C. The van der Waals surface area contributed by atoms with Crippen molar-refractivity contribution in [3.63, 3.8) is 0 Å². The summed E-state index contributed by atoms with van der Waals surface area (Å²) in [7, 11) is -4.64. The molecule has 0 aromatic rings. The van der Waals surface area contributed by atoms with Crippen LogP contribution in [0.15, 0.2) is 24.3 Å². The summed E-state index contributed by atoms with van der Waals surface area (Å²) >= 11 is 0. The Morgan fingerprint density at radius 3 is 1.80 bits per heavy atom. The average molecular weight is 308 g/mol. The Balaban J connectivity index is 4.58. The highest BCUT2D eigenvalue weighted by atomic mass is 31.2. The summed E-state index contributed by atoms with van der Waals surface area (Å²) in [5.41, 5.74) is 0.162. The van der Waals surface area contributed by atoms with Crippen LogP contribution in [0.1, 0.15) is 20.3 Å². The molecular weight excluding hydrogens is 291 g/mol. The van der Waals surface area contributed by atoms with E-state index in [9.17, 15) is 14.2 Å². The van der Waals surface area contributed by atoms with Gasteiger partial charge in [0.2, 0.25) is 6.29 Å². The van der Waals surface area contributed by atoms with Crippen LogP contribution in [0.2, 0.25) is 0 Å². The summed E-state index contributed by atoms with van der Waals surface area (Å²) in [6.45, 7) is 9.03. The second-order valence-electron chi connectivity index (χ2n) is 3.91. The molecule has 0 bridgehead atoms. The Labute approximate surface area is 116 Å². The van der Waals surface area contributed by atoms with Crippen LogP contribution in [0.4, 0.5) is 0 Å². The monoisotopic (exact) mass is 308 g/mol. The van der Waals surface area contributed by atoms with Crippen LogP contribution in [0.25, 0.3) is 0 Å². The highest BCUT2D eigenvalue weighted by Gasteiger charge is 2.22. The largest absolute Gasteiger partial charge is 0.469 e. The zero-order valence-electron chi connectivity index (χ0n) is 11.2. The number of carbonyl (C=O) groups is 2. The molecule has 0 aliphatic heterocycles. The van der Waals surface area contributed by atoms with Crippen molar-refractivity contribution in [3.8, 4) is 0 Å². The lowest BCUT2D eigenvalue weighted by molar-refractivity contribution is -0.184. The molecule has 0 unspecified atom stereocenters. The maximum atomic E-state index is 11.3. The smallest absolute Gasteiger partial charge is 0.422 e. The number of carbonyl (C=O) groups excluding carboxylic acids is 2. The summed E-state index contributed by atoms with van der Waals surface area (Å²) in [5.74, 6) is -1.61. The first-order valence-corrected chi connectivity index (χ1v) is 6.99. The molecule has 0 spiro atoms. The third kappa shape index (κ3) is 8.60. The second kappa shape index (κ2) is 7.96. The van der Waals surface area contributed by atoms with E-state index in [2.05, 4.69) is 17.7 Å². The van der Waals surface area contributed by atoms with E-state index < -0.39 is 32.7 Å². The fourth-order valence-electron chi connectivity index (χ4n) is 0.850. The Morgan fingerprint density at radius 2 is 1.50 bits per heavy atom. The number of esters is 2. The van der Waals surface area contributed by atoms with Gasteiger partial charge >= 0.3 is 19.8 Å². The molecule has 9 heteroatoms. The molecule has 0 amide bonds. The molecule has 0 radical (unpaired) electrons. The number of ether oxygens (including phenoxy) is 2. The molecule has 0 aromatic heterocycles. The molecule has 0 fully saturated rings. The molecule has 0 aromatic carbocycles. The zero-order chi connectivity index (χ0) is 15.9. The van der Waals surface area contributed by atoms with E-state index in [4.69, 9.17) is 19.3 Å². The van der Waals surface area contributed by atoms with E-state index in [-0.39, 0.29) is 17.6 Å². The Morgan fingerprint density at radius 1 is 1.10 bits per heavy atom. The van der Waals surface area contributed by atoms with Crippen molar-refractivity contribution >= 4 is 19.8 Å². The molecule has 114 valence electrons. The first-order chi connectivity index (χ1) is 9.03. The van der Waals surface area contributed by atoms with Crippen LogP contribution in [0.3, 0.4) is 0 Å². The average Bonchev–Trinajstić information content (AvgIpc) is 2.26. The van der Waals surface area contributed by atoms with Crippen molar-refractivity contribution in [2.24, 2.45) is 0 Å². The van der Waals surface area contributed by atoms with Crippen molar-refractivity contribution in [1.29, 1.82) is 0 Å². The molecule has 0 saturated heterocycles. The van der Waals surface area contributed by atoms with Crippen molar-refractivity contribution in [2.45, 2.75) is 26.6 Å². The zero-order valence-corrected chi connectivity index (χ0v) is 12.1. The molecule has 0 saturated carbocycles. The van der Waals surface area contributed by atoms with Gasteiger partial charge in [0.15, 0.2) is 0 Å². The van der Waals surface area contributed by atoms with Gasteiger partial charge in [-0.3, -0.25) is 4.52 Å². The molecule has 20 heavy (non-hydrogen) atoms. The number of hydrogen-bond acceptors (Lipinski definition) is 6. The number of hydrogen-bond donors (Lipinski definition) is 2. The second-order valence-corrected chi connectivity index (χ2v) is 5.15. The lowest BCUT2D eigenvalue weighted by atomic mass is 10.3. The van der Waals surface area contributed by atoms with Gasteiger partial charge in [-0.1, -0.05) is 13.2 Å². The van der Waals surface area contributed by atoms with E-state index >= 15 is 0 Å². The molecule has 0 rings (SSSR count). The van der Waals surface area contributed by atoms with Gasteiger partial charge in [0.05, 0.1) is 6.61 Å². The van der Waals surface area contributed by atoms with Gasteiger partial charge in [-0.2, -0.15) is 0 Å². The number of phosphoric ester groups is 1. The number of phosphoric acid groups is 1. The van der Waals surface area contributed by atoms with E-state index in [1.807, 2.05) is 0 Å². The van der Waals surface area contributed by atoms with Crippen LogP contribution < -0.4 is 0 Å². The van der Waals surface area contributed by atoms with E-state index in [0.717, 1.165) is 0 Å². The first-order valence-electron chi connectivity index (χ1n) is 5.46. The lowest BCUT2D eigenvalue weighted by Gasteiger charge is -2.18. The standard InChI is InChI=1S/C11H17O8P/c1-7(2)10(12)18-9(19-11(13)8(3)4)5-6-17-20(14,15)16/h9H,1,3,5-6H2,2,4H3,(H2,14,15,16). The van der Waals surface area contributed by atoms with Gasteiger partial charge in [0.25, 0.3) is 0 Å². The van der Waals surface area contributed by atoms with Gasteiger partial charge < -0.3 is 19.3 Å². The minimum atomic E-state index is -4.64. The van der Waals surface area contributed by atoms with Gasteiger partial charge in [-0.25, -0.2) is 14.2 Å². The van der Waals surface area contributed by atoms with Crippen molar-refractivity contribution in [3.05, 3.63) is 24.3 Å². The predicted octanol–water partition coefficient (Wildman–Crippen LogP) is 1.05. The van der Waals surface area contributed by atoms with Crippen LogP contribution in [-0.2, 0) is 28.2 Å². The molecular formula is C11H17O8P. The van der Waals surface area contributed by atoms with Gasteiger partial charge in [-0.15, -0.1) is 0 Å². The molecule has 2 N–H and O–H groups in total. The maximum Gasteiger partial charge on any atom is 0.469 e. The first kappa shape index (κ1) is 18.5. The Bertz CT molecular complexity index is 421. The third-order valence-corrected chi connectivity index (χ3v) is 2.31. The van der Waals surface area contributed by atoms with Gasteiger partial charge in [0.1, 0.15) is 0 Å². The predicted molar refractivity (Wildman–Crippen MR) is 68.2 cm³/mol. The minimum absolute atomic E-state index is 0.0808. The van der Waals surface area contributed by atoms with Crippen molar-refractivity contribution in [1.82, 2.24) is 0 Å². The van der Waals surface area contributed by atoms with E-state index in [1.165, 1.54) is 13.8 Å².